The molecule has 0 aliphatic heterocycles. The normalized spacial score (nSPS) is 32.2. The monoisotopic (exact) mass is 366 g/mol. The Morgan fingerprint density at radius 1 is 0.885 bits per heavy atom. The summed E-state index contributed by atoms with van der Waals surface area (Å²) in [6.45, 7) is 6.96. The van der Waals surface area contributed by atoms with Crippen molar-refractivity contribution in [2.75, 3.05) is 6.61 Å². The molecule has 2 aliphatic rings. The molecule has 0 spiro atoms. The first-order chi connectivity index (χ1) is 12.6. The molecule has 0 bridgehead atoms. The molecule has 0 unspecified atom stereocenters. The SMILES string of the molecule is CCCCCC1CCC(C2CCC(C)(OC(=O)OCCCC)CC2)CC1. The van der Waals surface area contributed by atoms with E-state index in [0.29, 0.717) is 6.61 Å². The number of hydrogen-bond donors (Lipinski definition) is 0. The Morgan fingerprint density at radius 2 is 1.50 bits per heavy atom. The summed E-state index contributed by atoms with van der Waals surface area (Å²) in [6, 6.07) is 0. The van der Waals surface area contributed by atoms with Crippen LogP contribution in [0.5, 0.6) is 0 Å². The molecule has 2 aliphatic carbocycles. The first-order valence-electron chi connectivity index (χ1n) is 11.4. The molecule has 2 rings (SSSR count). The van der Waals surface area contributed by atoms with E-state index in [9.17, 15) is 4.79 Å². The van der Waals surface area contributed by atoms with Crippen molar-refractivity contribution in [2.24, 2.45) is 17.8 Å². The lowest BCUT2D eigenvalue weighted by atomic mass is 9.68. The molecule has 0 saturated heterocycles. The Morgan fingerprint density at radius 3 is 2.12 bits per heavy atom. The van der Waals surface area contributed by atoms with Crippen molar-refractivity contribution in [3.8, 4) is 0 Å². The number of carbonyl (C=O) groups is 1. The highest BCUT2D eigenvalue weighted by Crippen LogP contribution is 2.44. The fourth-order valence-corrected chi connectivity index (χ4v) is 4.99. The number of unbranched alkanes of at least 4 members (excludes halogenated alkanes) is 3. The molecule has 0 heterocycles. The van der Waals surface area contributed by atoms with E-state index in [-0.39, 0.29) is 5.60 Å². The minimum atomic E-state index is -0.466. The molecule has 0 aromatic rings. The number of carbonyl (C=O) groups excluding carboxylic acids is 1. The zero-order valence-corrected chi connectivity index (χ0v) is 17.6. The van der Waals surface area contributed by atoms with E-state index in [4.69, 9.17) is 9.47 Å². The summed E-state index contributed by atoms with van der Waals surface area (Å²) in [5, 5.41) is 0. The van der Waals surface area contributed by atoms with Crippen LogP contribution in [0, 0.1) is 17.8 Å². The maximum Gasteiger partial charge on any atom is 0.508 e. The van der Waals surface area contributed by atoms with Crippen molar-refractivity contribution in [3.05, 3.63) is 0 Å². The van der Waals surface area contributed by atoms with Gasteiger partial charge in [0, 0.05) is 0 Å². The van der Waals surface area contributed by atoms with Crippen LogP contribution in [0.25, 0.3) is 0 Å². The number of ether oxygens (including phenoxy) is 2. The lowest BCUT2D eigenvalue weighted by molar-refractivity contribution is -0.0567. The maximum atomic E-state index is 11.9. The van der Waals surface area contributed by atoms with Gasteiger partial charge in [0.25, 0.3) is 0 Å². The fourth-order valence-electron chi connectivity index (χ4n) is 4.99. The Balaban J connectivity index is 1.66. The standard InChI is InChI=1S/C23H42O3/c1-4-6-8-9-19-10-12-20(13-11-19)21-14-16-23(3,17-15-21)26-22(24)25-18-7-5-2/h19-21H,4-18H2,1-3H3. The van der Waals surface area contributed by atoms with E-state index >= 15 is 0 Å². The second-order valence-electron chi connectivity index (χ2n) is 9.12. The summed E-state index contributed by atoms with van der Waals surface area (Å²) in [5.74, 6) is 2.76. The molecule has 0 aromatic carbocycles. The largest absolute Gasteiger partial charge is 0.508 e. The summed E-state index contributed by atoms with van der Waals surface area (Å²) in [4.78, 5) is 11.9. The van der Waals surface area contributed by atoms with Crippen LogP contribution in [-0.4, -0.2) is 18.4 Å². The van der Waals surface area contributed by atoms with Gasteiger partial charge in [-0.15, -0.1) is 0 Å². The molecule has 0 atom stereocenters. The van der Waals surface area contributed by atoms with Gasteiger partial charge in [0.1, 0.15) is 5.60 Å². The molecule has 3 nitrogen and oxygen atoms in total. The molecule has 0 aromatic heterocycles. The highest BCUT2D eigenvalue weighted by Gasteiger charge is 2.38. The van der Waals surface area contributed by atoms with Gasteiger partial charge in [-0.25, -0.2) is 4.79 Å². The lowest BCUT2D eigenvalue weighted by Gasteiger charge is -2.41. The molecule has 152 valence electrons. The van der Waals surface area contributed by atoms with Crippen molar-refractivity contribution < 1.29 is 14.3 Å². The molecular formula is C23H42O3. The molecule has 0 amide bonds. The van der Waals surface area contributed by atoms with E-state index in [0.717, 1.165) is 43.4 Å². The number of rotatable bonds is 9. The Bertz CT molecular complexity index is 390. The highest BCUT2D eigenvalue weighted by molar-refractivity contribution is 5.60. The van der Waals surface area contributed by atoms with Crippen molar-refractivity contribution in [2.45, 2.75) is 116 Å². The Hall–Kier alpha value is -0.730. The van der Waals surface area contributed by atoms with Crippen LogP contribution in [0.4, 0.5) is 4.79 Å². The van der Waals surface area contributed by atoms with Gasteiger partial charge in [-0.2, -0.15) is 0 Å². The average molecular weight is 367 g/mol. The Kier molecular flexibility index (Phi) is 9.28. The molecular weight excluding hydrogens is 324 g/mol. The van der Waals surface area contributed by atoms with Gasteiger partial charge >= 0.3 is 6.16 Å². The maximum absolute atomic E-state index is 11.9. The van der Waals surface area contributed by atoms with Crippen LogP contribution in [0.3, 0.4) is 0 Å². The molecule has 0 N–H and O–H groups in total. The molecule has 0 radical (unpaired) electrons. The molecule has 26 heavy (non-hydrogen) atoms. The van der Waals surface area contributed by atoms with E-state index in [1.807, 2.05) is 0 Å². The van der Waals surface area contributed by atoms with E-state index in [1.165, 1.54) is 64.2 Å². The summed E-state index contributed by atoms with van der Waals surface area (Å²) in [7, 11) is 0. The van der Waals surface area contributed by atoms with Gasteiger partial charge in [0.05, 0.1) is 6.61 Å². The first-order valence-corrected chi connectivity index (χ1v) is 11.4. The highest BCUT2D eigenvalue weighted by atomic mass is 16.7. The van der Waals surface area contributed by atoms with Crippen molar-refractivity contribution >= 4 is 6.16 Å². The summed E-state index contributed by atoms with van der Waals surface area (Å²) >= 11 is 0. The minimum Gasteiger partial charge on any atom is -0.434 e. The van der Waals surface area contributed by atoms with Gasteiger partial charge in [-0.05, 0) is 69.6 Å². The minimum absolute atomic E-state index is 0.308. The van der Waals surface area contributed by atoms with Gasteiger partial charge in [-0.3, -0.25) is 0 Å². The third kappa shape index (κ3) is 7.12. The van der Waals surface area contributed by atoms with Gasteiger partial charge in [-0.1, -0.05) is 58.8 Å². The van der Waals surface area contributed by atoms with Crippen LogP contribution in [0.15, 0.2) is 0 Å². The zero-order chi connectivity index (χ0) is 18.8. The summed E-state index contributed by atoms with van der Waals surface area (Å²) in [6.07, 6.45) is 17.3. The number of hydrogen-bond acceptors (Lipinski definition) is 3. The second kappa shape index (κ2) is 11.2. The Labute approximate surface area is 161 Å². The van der Waals surface area contributed by atoms with Crippen molar-refractivity contribution in [1.82, 2.24) is 0 Å². The lowest BCUT2D eigenvalue weighted by Crippen LogP contribution is -2.38. The molecule has 2 saturated carbocycles. The third-order valence-electron chi connectivity index (χ3n) is 6.91. The summed E-state index contributed by atoms with van der Waals surface area (Å²) in [5.41, 5.74) is -0.308. The van der Waals surface area contributed by atoms with Crippen LogP contribution in [0.1, 0.15) is 111 Å². The van der Waals surface area contributed by atoms with Gasteiger partial charge in [0.15, 0.2) is 0 Å². The zero-order valence-electron chi connectivity index (χ0n) is 17.6. The van der Waals surface area contributed by atoms with Gasteiger partial charge in [0.2, 0.25) is 0 Å². The topological polar surface area (TPSA) is 35.5 Å². The van der Waals surface area contributed by atoms with Crippen LogP contribution < -0.4 is 0 Å². The van der Waals surface area contributed by atoms with E-state index in [1.54, 1.807) is 0 Å². The van der Waals surface area contributed by atoms with Crippen molar-refractivity contribution in [1.29, 1.82) is 0 Å². The van der Waals surface area contributed by atoms with Gasteiger partial charge < -0.3 is 9.47 Å². The quantitative estimate of drug-likeness (QED) is 0.318. The average Bonchev–Trinajstić information content (AvgIpc) is 2.63. The first kappa shape index (κ1) is 21.6. The fraction of sp³-hybridized carbons (Fsp3) is 0.957. The van der Waals surface area contributed by atoms with Crippen LogP contribution in [-0.2, 0) is 9.47 Å². The predicted octanol–water partition coefficient (Wildman–Crippen LogP) is 7.28. The predicted molar refractivity (Wildman–Crippen MR) is 107 cm³/mol. The summed E-state index contributed by atoms with van der Waals surface area (Å²) < 4.78 is 10.9. The van der Waals surface area contributed by atoms with Crippen molar-refractivity contribution in [3.63, 3.8) is 0 Å². The van der Waals surface area contributed by atoms with Crippen LogP contribution >= 0.6 is 0 Å². The second-order valence-corrected chi connectivity index (χ2v) is 9.12. The van der Waals surface area contributed by atoms with E-state index < -0.39 is 6.16 Å². The molecule has 3 heteroatoms. The molecule has 2 fully saturated rings. The smallest absolute Gasteiger partial charge is 0.434 e. The third-order valence-corrected chi connectivity index (χ3v) is 6.91. The van der Waals surface area contributed by atoms with Crippen LogP contribution in [0.2, 0.25) is 0 Å². The van der Waals surface area contributed by atoms with E-state index in [2.05, 4.69) is 20.8 Å².